The molecule has 0 unspecified atom stereocenters. The molecule has 2 atom stereocenters. The van der Waals surface area contributed by atoms with E-state index in [4.69, 9.17) is 9.15 Å². The molecular weight excluding hydrogens is 630 g/mol. The van der Waals surface area contributed by atoms with E-state index in [0.29, 0.717) is 17.2 Å². The van der Waals surface area contributed by atoms with Gasteiger partial charge in [0, 0.05) is 16.5 Å². The predicted molar refractivity (Wildman–Crippen MR) is 184 cm³/mol. The number of nitrogens with zero attached hydrogens (tertiary/aromatic N) is 1. The molecule has 3 N–H and O–H groups in total. The predicted octanol–water partition coefficient (Wildman–Crippen LogP) is 6.00. The molecule has 0 radical (unpaired) electrons. The molecule has 1 heterocycles. The number of carboxylic acids is 1. The Balaban J connectivity index is 1.24. The summed E-state index contributed by atoms with van der Waals surface area (Å²) in [6, 6.07) is 29.6. The molecule has 10 nitrogen and oxygen atoms in total. The van der Waals surface area contributed by atoms with Crippen molar-refractivity contribution in [2.24, 2.45) is 5.92 Å². The monoisotopic (exact) mass is 665 g/mol. The van der Waals surface area contributed by atoms with Crippen LogP contribution in [-0.4, -0.2) is 58.1 Å². The zero-order chi connectivity index (χ0) is 34.0. The van der Waals surface area contributed by atoms with Crippen LogP contribution in [0.5, 0.6) is 5.75 Å². The van der Waals surface area contributed by atoms with E-state index >= 15 is 0 Å². The van der Waals surface area contributed by atoms with Gasteiger partial charge in [-0.05, 0) is 17.4 Å². The van der Waals surface area contributed by atoms with Crippen molar-refractivity contribution in [3.63, 3.8) is 0 Å². The first kappa shape index (κ1) is 33.9. The maximum absolute atomic E-state index is 13.4. The summed E-state index contributed by atoms with van der Waals surface area (Å²) < 4.78 is 11.8. The van der Waals surface area contributed by atoms with Crippen LogP contribution in [0.1, 0.15) is 20.3 Å². The molecule has 5 rings (SSSR count). The van der Waals surface area contributed by atoms with E-state index in [2.05, 4.69) is 15.6 Å². The van der Waals surface area contributed by atoms with Crippen LogP contribution in [-0.2, 0) is 19.2 Å². The van der Waals surface area contributed by atoms with Gasteiger partial charge < -0.3 is 24.9 Å². The van der Waals surface area contributed by atoms with E-state index in [9.17, 15) is 24.3 Å². The summed E-state index contributed by atoms with van der Waals surface area (Å²) in [7, 11) is 0. The second-order valence-corrected chi connectivity index (χ2v) is 12.3. The van der Waals surface area contributed by atoms with E-state index in [1.165, 1.54) is 0 Å². The first-order valence-corrected chi connectivity index (χ1v) is 16.4. The number of ketones is 1. The third-order valence-corrected chi connectivity index (χ3v) is 8.34. The smallest absolute Gasteiger partial charge is 0.305 e. The third kappa shape index (κ3) is 8.68. The summed E-state index contributed by atoms with van der Waals surface area (Å²) in [5.41, 5.74) is 2.24. The first-order valence-electron chi connectivity index (χ1n) is 15.4. The summed E-state index contributed by atoms with van der Waals surface area (Å²) in [6.07, 6.45) is -0.635. The Bertz CT molecular complexity index is 1830. The molecule has 0 aliphatic carbocycles. The average molecular weight is 666 g/mol. The topological polar surface area (TPSA) is 148 Å². The quantitative estimate of drug-likeness (QED) is 0.115. The molecule has 0 saturated carbocycles. The van der Waals surface area contributed by atoms with E-state index in [1.807, 2.05) is 97.1 Å². The SMILES string of the molecule is CC(C)[C@H](NC(=O)COc1cccc2ccccc12)C(=O)N[C@@H](CC(=O)O)C(=O)CSc1nc(-c2ccccc2)c(-c2ccccc2)o1. The Morgan fingerprint density at radius 2 is 1.48 bits per heavy atom. The molecule has 246 valence electrons. The lowest BCUT2D eigenvalue weighted by molar-refractivity contribution is -0.140. The van der Waals surface area contributed by atoms with Gasteiger partial charge in [0.25, 0.3) is 11.1 Å². The van der Waals surface area contributed by atoms with Crippen molar-refractivity contribution < 1.29 is 33.4 Å². The minimum absolute atomic E-state index is 0.210. The van der Waals surface area contributed by atoms with Gasteiger partial charge in [0.15, 0.2) is 18.2 Å². The number of thioether (sulfide) groups is 1. The molecule has 0 aliphatic heterocycles. The average Bonchev–Trinajstić information content (AvgIpc) is 3.53. The number of nitrogens with one attached hydrogen (secondary N) is 2. The molecule has 0 aliphatic rings. The van der Waals surface area contributed by atoms with Crippen LogP contribution in [0, 0.1) is 5.92 Å². The number of Topliss-reactive ketones (excluding diaryl/α,β-unsaturated/α-hetero) is 1. The largest absolute Gasteiger partial charge is 0.483 e. The van der Waals surface area contributed by atoms with E-state index < -0.39 is 42.1 Å². The van der Waals surface area contributed by atoms with Crippen LogP contribution >= 0.6 is 11.8 Å². The highest BCUT2D eigenvalue weighted by molar-refractivity contribution is 7.99. The van der Waals surface area contributed by atoms with E-state index in [-0.39, 0.29) is 23.5 Å². The highest BCUT2D eigenvalue weighted by Crippen LogP contribution is 2.35. The minimum atomic E-state index is -1.34. The first-order chi connectivity index (χ1) is 23.2. The van der Waals surface area contributed by atoms with Gasteiger partial charge >= 0.3 is 5.97 Å². The van der Waals surface area contributed by atoms with Crippen molar-refractivity contribution in [1.82, 2.24) is 15.6 Å². The van der Waals surface area contributed by atoms with E-state index in [1.54, 1.807) is 19.9 Å². The van der Waals surface area contributed by atoms with Crippen LogP contribution in [0.15, 0.2) is 113 Å². The van der Waals surface area contributed by atoms with Gasteiger partial charge in [-0.15, -0.1) is 0 Å². The Kier molecular flexibility index (Phi) is 11.3. The summed E-state index contributed by atoms with van der Waals surface area (Å²) in [6.45, 7) is 3.12. The van der Waals surface area contributed by atoms with Crippen molar-refractivity contribution in [3.8, 4) is 28.3 Å². The van der Waals surface area contributed by atoms with Crippen molar-refractivity contribution in [3.05, 3.63) is 103 Å². The lowest BCUT2D eigenvalue weighted by Gasteiger charge is -2.24. The number of oxazole rings is 1. The summed E-state index contributed by atoms with van der Waals surface area (Å²) in [4.78, 5) is 55.9. The number of rotatable bonds is 15. The van der Waals surface area contributed by atoms with Gasteiger partial charge in [0.2, 0.25) is 5.91 Å². The number of hydrogen-bond donors (Lipinski definition) is 3. The zero-order valence-corrected chi connectivity index (χ0v) is 27.2. The van der Waals surface area contributed by atoms with E-state index in [0.717, 1.165) is 33.7 Å². The van der Waals surface area contributed by atoms with Crippen molar-refractivity contribution in [1.29, 1.82) is 0 Å². The fraction of sp³-hybridized carbons (Fsp3) is 0.216. The van der Waals surface area contributed by atoms with Crippen molar-refractivity contribution in [2.45, 2.75) is 37.6 Å². The Morgan fingerprint density at radius 1 is 0.833 bits per heavy atom. The number of amides is 2. The number of fused-ring (bicyclic) bond motifs is 1. The zero-order valence-electron chi connectivity index (χ0n) is 26.4. The number of aliphatic carboxylic acids is 1. The van der Waals surface area contributed by atoms with Crippen LogP contribution in [0.4, 0.5) is 0 Å². The Morgan fingerprint density at radius 3 is 2.17 bits per heavy atom. The molecule has 0 bridgehead atoms. The second kappa shape index (κ2) is 15.9. The number of carbonyl (C=O) groups is 4. The summed E-state index contributed by atoms with van der Waals surface area (Å²) >= 11 is 1.01. The lowest BCUT2D eigenvalue weighted by Crippen LogP contribution is -2.55. The molecule has 4 aromatic carbocycles. The molecule has 5 aromatic rings. The number of benzene rings is 4. The summed E-state index contributed by atoms with van der Waals surface area (Å²) in [5.74, 6) is -2.54. The Hall–Kier alpha value is -5.42. The Labute approximate surface area is 281 Å². The highest BCUT2D eigenvalue weighted by Gasteiger charge is 2.30. The minimum Gasteiger partial charge on any atom is -0.483 e. The van der Waals surface area contributed by atoms with Gasteiger partial charge in [-0.3, -0.25) is 19.2 Å². The fourth-order valence-corrected chi connectivity index (χ4v) is 5.83. The maximum Gasteiger partial charge on any atom is 0.305 e. The van der Waals surface area contributed by atoms with Gasteiger partial charge in [-0.25, -0.2) is 4.98 Å². The second-order valence-electron chi connectivity index (χ2n) is 11.4. The number of ether oxygens (including phenoxy) is 1. The van der Waals surface area contributed by atoms with Crippen LogP contribution in [0.25, 0.3) is 33.4 Å². The fourth-order valence-electron chi connectivity index (χ4n) is 5.07. The van der Waals surface area contributed by atoms with Crippen LogP contribution < -0.4 is 15.4 Å². The normalized spacial score (nSPS) is 12.3. The van der Waals surface area contributed by atoms with Gasteiger partial charge in [-0.1, -0.05) is 123 Å². The molecule has 11 heteroatoms. The van der Waals surface area contributed by atoms with Gasteiger partial charge in [-0.2, -0.15) is 0 Å². The standard InChI is InChI=1S/C37H35N3O7S/c1-23(2)33(39-31(42)21-46-30-19-11-17-24-12-9-10-18-27(24)30)36(45)38-28(20-32(43)44)29(41)22-48-37-40-34(25-13-5-3-6-14-25)35(47-37)26-15-7-4-8-16-26/h3-19,23,28,33H,20-22H2,1-2H3,(H,38,45)(H,39,42)(H,43,44)/t28-,33-/m0/s1. The van der Waals surface area contributed by atoms with Crippen molar-refractivity contribution in [2.75, 3.05) is 12.4 Å². The number of carboxylic acid groups (broad SMARTS) is 1. The molecule has 48 heavy (non-hydrogen) atoms. The lowest BCUT2D eigenvalue weighted by atomic mass is 10.0. The maximum atomic E-state index is 13.4. The van der Waals surface area contributed by atoms with Crippen molar-refractivity contribution >= 4 is 46.1 Å². The molecule has 2 amide bonds. The molecule has 1 aromatic heterocycles. The summed E-state index contributed by atoms with van der Waals surface area (Å²) in [5, 5.41) is 16.8. The van der Waals surface area contributed by atoms with Crippen LogP contribution in [0.3, 0.4) is 0 Å². The number of aromatic nitrogens is 1. The molecular formula is C37H35N3O7S. The molecule has 0 saturated heterocycles. The van der Waals surface area contributed by atoms with Crippen LogP contribution in [0.2, 0.25) is 0 Å². The molecule has 0 fully saturated rings. The number of hydrogen-bond acceptors (Lipinski definition) is 8. The van der Waals surface area contributed by atoms with Gasteiger partial charge in [0.05, 0.1) is 18.2 Å². The number of carbonyl (C=O) groups excluding carboxylic acids is 3. The van der Waals surface area contributed by atoms with Gasteiger partial charge in [0.1, 0.15) is 17.5 Å². The highest BCUT2D eigenvalue weighted by atomic mass is 32.2. The molecule has 0 spiro atoms. The third-order valence-electron chi connectivity index (χ3n) is 7.49.